The van der Waals surface area contributed by atoms with Gasteiger partial charge in [-0.05, 0) is 55.2 Å². The highest BCUT2D eigenvalue weighted by Gasteiger charge is 2.40. The Morgan fingerprint density at radius 1 is 0.931 bits per heavy atom. The first-order chi connectivity index (χ1) is 14.1. The number of hydrogen-bond acceptors (Lipinski definition) is 4. The van der Waals surface area contributed by atoms with E-state index in [0.29, 0.717) is 21.8 Å². The largest absolute Gasteiger partial charge is 0.342 e. The van der Waals surface area contributed by atoms with Gasteiger partial charge in [0.25, 0.3) is 11.8 Å². The molecule has 1 aromatic heterocycles. The molecule has 2 N–H and O–H groups in total. The van der Waals surface area contributed by atoms with Crippen LogP contribution in [0.2, 0.25) is 5.02 Å². The van der Waals surface area contributed by atoms with Gasteiger partial charge in [0.1, 0.15) is 6.33 Å². The second kappa shape index (κ2) is 8.01. The molecule has 1 fully saturated rings. The molecule has 7 heteroatoms. The lowest BCUT2D eigenvalue weighted by Crippen LogP contribution is -2.50. The van der Waals surface area contributed by atoms with E-state index in [0.717, 1.165) is 24.8 Å². The molecule has 0 saturated heterocycles. The van der Waals surface area contributed by atoms with Crippen LogP contribution in [0.3, 0.4) is 0 Å². The van der Waals surface area contributed by atoms with E-state index >= 15 is 0 Å². The van der Waals surface area contributed by atoms with Gasteiger partial charge in [0.05, 0.1) is 11.1 Å². The normalized spacial score (nSPS) is 14.5. The van der Waals surface area contributed by atoms with E-state index in [9.17, 15) is 9.59 Å². The fourth-order valence-corrected chi connectivity index (χ4v) is 3.62. The minimum atomic E-state index is -0.400. The van der Waals surface area contributed by atoms with Gasteiger partial charge in [-0.2, -0.15) is 0 Å². The maximum atomic E-state index is 12.6. The van der Waals surface area contributed by atoms with Gasteiger partial charge in [-0.1, -0.05) is 29.8 Å². The van der Waals surface area contributed by atoms with Gasteiger partial charge < -0.3 is 10.6 Å². The van der Waals surface area contributed by atoms with Crippen LogP contribution in [0.4, 0.5) is 5.69 Å². The zero-order valence-corrected chi connectivity index (χ0v) is 16.3. The van der Waals surface area contributed by atoms with Crippen molar-refractivity contribution >= 4 is 29.1 Å². The van der Waals surface area contributed by atoms with Crippen molar-refractivity contribution in [3.05, 3.63) is 89.0 Å². The second-order valence-corrected chi connectivity index (χ2v) is 7.50. The van der Waals surface area contributed by atoms with Crippen LogP contribution >= 0.6 is 11.6 Å². The van der Waals surface area contributed by atoms with Gasteiger partial charge in [0, 0.05) is 28.7 Å². The second-order valence-electron chi connectivity index (χ2n) is 7.06. The van der Waals surface area contributed by atoms with Crippen LogP contribution in [0.5, 0.6) is 0 Å². The number of carbonyl (C=O) groups is 2. The third-order valence-electron chi connectivity index (χ3n) is 5.16. The Morgan fingerprint density at radius 3 is 2.28 bits per heavy atom. The van der Waals surface area contributed by atoms with Crippen molar-refractivity contribution in [1.29, 1.82) is 0 Å². The quantitative estimate of drug-likeness (QED) is 0.665. The van der Waals surface area contributed by atoms with Crippen molar-refractivity contribution in [3.8, 4) is 0 Å². The highest BCUT2D eigenvalue weighted by molar-refractivity contribution is 6.31. The monoisotopic (exact) mass is 406 g/mol. The van der Waals surface area contributed by atoms with E-state index in [1.807, 2.05) is 24.3 Å². The number of rotatable bonds is 5. The van der Waals surface area contributed by atoms with Crippen LogP contribution in [-0.2, 0) is 5.54 Å². The summed E-state index contributed by atoms with van der Waals surface area (Å²) in [6.07, 6.45) is 7.17. The highest BCUT2D eigenvalue weighted by atomic mass is 35.5. The summed E-state index contributed by atoms with van der Waals surface area (Å²) in [5, 5.41) is 6.51. The summed E-state index contributed by atoms with van der Waals surface area (Å²) in [6.45, 7) is 0. The first-order valence-electron chi connectivity index (χ1n) is 9.31. The molecule has 0 aliphatic heterocycles. The molecule has 0 radical (unpaired) electrons. The Morgan fingerprint density at radius 2 is 1.66 bits per heavy atom. The number of hydrogen-bond donors (Lipinski definition) is 2. The molecule has 146 valence electrons. The van der Waals surface area contributed by atoms with Gasteiger partial charge in [-0.25, -0.2) is 9.97 Å². The molecule has 0 atom stereocenters. The molecule has 1 aliphatic rings. The standard InChI is InChI=1S/C22H19ClN4O2/c23-18-4-1-3-15(11-18)20(28)26-19-7-5-17(6-8-19)22(9-2-10-22)27-21(29)16-12-24-14-25-13-16/h1,3-8,11-14H,2,9-10H2,(H,26,28)(H,27,29). The number of anilines is 1. The highest BCUT2D eigenvalue weighted by Crippen LogP contribution is 2.41. The zero-order chi connectivity index (χ0) is 20.3. The Kier molecular flexibility index (Phi) is 5.27. The van der Waals surface area contributed by atoms with Crippen molar-refractivity contribution < 1.29 is 9.59 Å². The van der Waals surface area contributed by atoms with Gasteiger partial charge in [-0.3, -0.25) is 9.59 Å². The fraction of sp³-hybridized carbons (Fsp3) is 0.182. The molecule has 6 nitrogen and oxygen atoms in total. The van der Waals surface area contributed by atoms with Crippen molar-refractivity contribution in [1.82, 2.24) is 15.3 Å². The van der Waals surface area contributed by atoms with Crippen LogP contribution < -0.4 is 10.6 Å². The molecular weight excluding hydrogens is 388 g/mol. The molecule has 0 spiro atoms. The van der Waals surface area contributed by atoms with Gasteiger partial charge in [-0.15, -0.1) is 0 Å². The Labute approximate surface area is 173 Å². The lowest BCUT2D eigenvalue weighted by atomic mass is 9.71. The summed E-state index contributed by atoms with van der Waals surface area (Å²) < 4.78 is 0. The predicted octanol–water partition coefficient (Wildman–Crippen LogP) is 4.19. The molecule has 3 aromatic rings. The minimum absolute atomic E-state index is 0.191. The first-order valence-corrected chi connectivity index (χ1v) is 9.69. The molecule has 29 heavy (non-hydrogen) atoms. The SMILES string of the molecule is O=C(Nc1ccc(C2(NC(=O)c3cncnc3)CCC2)cc1)c1cccc(Cl)c1. The predicted molar refractivity (Wildman–Crippen MR) is 111 cm³/mol. The lowest BCUT2D eigenvalue weighted by Gasteiger charge is -2.43. The number of nitrogens with zero attached hydrogens (tertiary/aromatic N) is 2. The summed E-state index contributed by atoms with van der Waals surface area (Å²) in [6, 6.07) is 14.4. The Bertz CT molecular complexity index is 1030. The van der Waals surface area contributed by atoms with Crippen LogP contribution in [-0.4, -0.2) is 21.8 Å². The van der Waals surface area contributed by atoms with E-state index in [-0.39, 0.29) is 11.8 Å². The maximum Gasteiger partial charge on any atom is 0.255 e. The summed E-state index contributed by atoms with van der Waals surface area (Å²) in [5.41, 5.74) is 2.21. The topological polar surface area (TPSA) is 84.0 Å². The van der Waals surface area contributed by atoms with Crippen LogP contribution in [0, 0.1) is 0 Å². The molecule has 4 rings (SSSR count). The first kappa shape index (κ1) is 19.1. The van der Waals surface area contributed by atoms with Crippen molar-refractivity contribution in [3.63, 3.8) is 0 Å². The Hall–Kier alpha value is -3.25. The number of aromatic nitrogens is 2. The average molecular weight is 407 g/mol. The molecule has 0 bridgehead atoms. The number of benzene rings is 2. The summed E-state index contributed by atoms with van der Waals surface area (Å²) in [7, 11) is 0. The van der Waals surface area contributed by atoms with Crippen LogP contribution in [0.25, 0.3) is 0 Å². The summed E-state index contributed by atoms with van der Waals surface area (Å²) in [4.78, 5) is 32.7. The molecule has 1 aliphatic carbocycles. The lowest BCUT2D eigenvalue weighted by molar-refractivity contribution is 0.0822. The van der Waals surface area contributed by atoms with E-state index < -0.39 is 5.54 Å². The van der Waals surface area contributed by atoms with Gasteiger partial charge in [0.15, 0.2) is 0 Å². The molecule has 0 unspecified atom stereocenters. The molecule has 1 saturated carbocycles. The van der Waals surface area contributed by atoms with E-state index in [2.05, 4.69) is 20.6 Å². The maximum absolute atomic E-state index is 12.6. The third kappa shape index (κ3) is 4.12. The van der Waals surface area contributed by atoms with Crippen molar-refractivity contribution in [2.45, 2.75) is 24.8 Å². The van der Waals surface area contributed by atoms with E-state index in [1.54, 1.807) is 24.3 Å². The van der Waals surface area contributed by atoms with Crippen molar-refractivity contribution in [2.75, 3.05) is 5.32 Å². The van der Waals surface area contributed by atoms with Crippen LogP contribution in [0.15, 0.2) is 67.3 Å². The minimum Gasteiger partial charge on any atom is -0.342 e. The summed E-state index contributed by atoms with van der Waals surface area (Å²) >= 11 is 5.95. The number of halogens is 1. The van der Waals surface area contributed by atoms with Gasteiger partial charge >= 0.3 is 0 Å². The Balaban J connectivity index is 1.47. The zero-order valence-electron chi connectivity index (χ0n) is 15.6. The molecular formula is C22H19ClN4O2. The average Bonchev–Trinajstić information content (AvgIpc) is 2.72. The fourth-order valence-electron chi connectivity index (χ4n) is 3.43. The number of nitrogens with one attached hydrogen (secondary N) is 2. The third-order valence-corrected chi connectivity index (χ3v) is 5.40. The smallest absolute Gasteiger partial charge is 0.255 e. The molecule has 1 heterocycles. The van der Waals surface area contributed by atoms with E-state index in [1.165, 1.54) is 18.7 Å². The van der Waals surface area contributed by atoms with Crippen molar-refractivity contribution in [2.24, 2.45) is 0 Å². The van der Waals surface area contributed by atoms with Crippen LogP contribution in [0.1, 0.15) is 45.5 Å². The van der Waals surface area contributed by atoms with Gasteiger partial charge in [0.2, 0.25) is 0 Å². The molecule has 2 aromatic carbocycles. The number of amides is 2. The number of carbonyl (C=O) groups excluding carboxylic acids is 2. The summed E-state index contributed by atoms with van der Waals surface area (Å²) in [5.74, 6) is -0.417. The molecule has 2 amide bonds. The van der Waals surface area contributed by atoms with E-state index in [4.69, 9.17) is 11.6 Å².